The molecule has 1 N–H and O–H groups in total. The Balaban J connectivity index is 1.44. The van der Waals surface area contributed by atoms with Crippen LogP contribution in [0.1, 0.15) is 24.1 Å². The average Bonchev–Trinajstić information content (AvgIpc) is 3.38. The van der Waals surface area contributed by atoms with Crippen molar-refractivity contribution >= 4 is 15.9 Å². The van der Waals surface area contributed by atoms with Crippen molar-refractivity contribution in [1.82, 2.24) is 19.6 Å². The second-order valence-corrected chi connectivity index (χ2v) is 10.0. The predicted octanol–water partition coefficient (Wildman–Crippen LogP) is 3.64. The molecule has 1 fully saturated rings. The molecule has 0 aliphatic carbocycles. The van der Waals surface area contributed by atoms with Crippen LogP contribution in [0.15, 0.2) is 65.8 Å². The van der Waals surface area contributed by atoms with Crippen LogP contribution in [-0.2, 0) is 27.5 Å². The molecule has 2 aromatic carbocycles. The summed E-state index contributed by atoms with van der Waals surface area (Å²) in [7, 11) is -2.41. The van der Waals surface area contributed by atoms with Gasteiger partial charge < -0.3 is 10.1 Å². The van der Waals surface area contributed by atoms with Gasteiger partial charge in [0.15, 0.2) is 0 Å². The maximum absolute atomic E-state index is 13.1. The highest BCUT2D eigenvalue weighted by Gasteiger charge is 2.39. The van der Waals surface area contributed by atoms with Gasteiger partial charge in [-0.1, -0.05) is 12.1 Å². The lowest BCUT2D eigenvalue weighted by Crippen LogP contribution is -2.45. The molecular formula is C24H23F3N4O4S. The van der Waals surface area contributed by atoms with Crippen LogP contribution in [0.5, 0.6) is 5.75 Å². The summed E-state index contributed by atoms with van der Waals surface area (Å²) in [5.74, 6) is 0.0597. The molecule has 8 nitrogen and oxygen atoms in total. The molecule has 12 heteroatoms. The lowest BCUT2D eigenvalue weighted by Gasteiger charge is -2.23. The normalized spacial score (nSPS) is 16.6. The van der Waals surface area contributed by atoms with Crippen LogP contribution >= 0.6 is 0 Å². The fourth-order valence-electron chi connectivity index (χ4n) is 3.95. The lowest BCUT2D eigenvalue weighted by molar-refractivity contribution is -0.137. The van der Waals surface area contributed by atoms with E-state index in [2.05, 4.69) is 15.3 Å². The van der Waals surface area contributed by atoms with Crippen LogP contribution in [0.3, 0.4) is 0 Å². The Morgan fingerprint density at radius 2 is 1.81 bits per heavy atom. The van der Waals surface area contributed by atoms with Gasteiger partial charge in [-0.3, -0.25) is 4.79 Å². The topological polar surface area (TPSA) is 101 Å². The first-order valence-corrected chi connectivity index (χ1v) is 12.5. The first-order chi connectivity index (χ1) is 17.1. The highest BCUT2D eigenvalue weighted by Crippen LogP contribution is 2.31. The fourth-order valence-corrected chi connectivity index (χ4v) is 5.61. The van der Waals surface area contributed by atoms with E-state index in [-0.39, 0.29) is 18.0 Å². The third kappa shape index (κ3) is 5.49. The molecule has 1 aromatic heterocycles. The molecule has 36 heavy (non-hydrogen) atoms. The van der Waals surface area contributed by atoms with E-state index in [9.17, 15) is 26.4 Å². The van der Waals surface area contributed by atoms with E-state index in [1.807, 2.05) is 0 Å². The molecule has 3 aromatic rings. The number of alkyl halides is 3. The van der Waals surface area contributed by atoms with Crippen molar-refractivity contribution in [2.45, 2.75) is 36.5 Å². The van der Waals surface area contributed by atoms with Gasteiger partial charge in [0.1, 0.15) is 18.1 Å². The van der Waals surface area contributed by atoms with E-state index in [1.54, 1.807) is 18.2 Å². The van der Waals surface area contributed by atoms with Crippen molar-refractivity contribution < 1.29 is 31.1 Å². The molecule has 1 saturated heterocycles. The molecule has 1 aliphatic heterocycles. The zero-order chi connectivity index (χ0) is 25.9. The minimum atomic E-state index is -4.44. The number of benzene rings is 2. The van der Waals surface area contributed by atoms with Crippen molar-refractivity contribution in [3.8, 4) is 17.0 Å². The first-order valence-electron chi connectivity index (χ1n) is 11.0. The van der Waals surface area contributed by atoms with Crippen LogP contribution < -0.4 is 10.1 Å². The number of halogens is 3. The maximum atomic E-state index is 13.1. The van der Waals surface area contributed by atoms with Gasteiger partial charge in [0.05, 0.1) is 35.5 Å². The van der Waals surface area contributed by atoms with Crippen molar-refractivity contribution in [3.63, 3.8) is 0 Å². The van der Waals surface area contributed by atoms with Gasteiger partial charge in [0, 0.05) is 12.1 Å². The van der Waals surface area contributed by atoms with Crippen molar-refractivity contribution in [2.24, 2.45) is 0 Å². The third-order valence-corrected chi connectivity index (χ3v) is 7.77. The number of carbonyl (C=O) groups is 1. The van der Waals surface area contributed by atoms with Crippen LogP contribution in [0.4, 0.5) is 13.2 Å². The standard InChI is InChI=1S/C24H23F3N4O4S/c1-35-19-8-10-20(11-9-19)36(33,34)31-12-2-3-22(31)23(32)28-14-18-13-21(30-15-29-18)16-4-6-17(7-5-16)24(25,26)27/h4-11,13,15,22H,2-3,12,14H2,1H3,(H,28,32)/t22-/m0/s1. The van der Waals surface area contributed by atoms with Gasteiger partial charge in [-0.25, -0.2) is 18.4 Å². The smallest absolute Gasteiger partial charge is 0.416 e. The highest BCUT2D eigenvalue weighted by molar-refractivity contribution is 7.89. The number of aromatic nitrogens is 2. The quantitative estimate of drug-likeness (QED) is 0.511. The summed E-state index contributed by atoms with van der Waals surface area (Å²) in [6, 6.07) is 11.2. The summed E-state index contributed by atoms with van der Waals surface area (Å²) < 4.78 is 70.9. The minimum absolute atomic E-state index is 0.00190. The summed E-state index contributed by atoms with van der Waals surface area (Å²) in [6.45, 7) is 0.222. The second-order valence-electron chi connectivity index (χ2n) is 8.14. The monoisotopic (exact) mass is 520 g/mol. The van der Waals surface area contributed by atoms with Crippen molar-refractivity contribution in [1.29, 1.82) is 0 Å². The molecule has 1 atom stereocenters. The number of methoxy groups -OCH3 is 1. The van der Waals surface area contributed by atoms with E-state index >= 15 is 0 Å². The lowest BCUT2D eigenvalue weighted by atomic mass is 10.1. The SMILES string of the molecule is COc1ccc(S(=O)(=O)N2CCC[C@H]2C(=O)NCc2cc(-c3ccc(C(F)(F)F)cc3)ncn2)cc1. The first kappa shape index (κ1) is 25.6. The number of carbonyl (C=O) groups excluding carboxylic acids is 1. The van der Waals surface area contributed by atoms with Crippen LogP contribution in [0, 0.1) is 0 Å². The van der Waals surface area contributed by atoms with Crippen molar-refractivity contribution in [2.75, 3.05) is 13.7 Å². The van der Waals surface area contributed by atoms with Gasteiger partial charge in [0.2, 0.25) is 15.9 Å². The van der Waals surface area contributed by atoms with Gasteiger partial charge in [-0.05, 0) is 55.3 Å². The second kappa shape index (κ2) is 10.2. The van der Waals surface area contributed by atoms with Gasteiger partial charge in [-0.2, -0.15) is 17.5 Å². The van der Waals surface area contributed by atoms with Gasteiger partial charge >= 0.3 is 6.18 Å². The largest absolute Gasteiger partial charge is 0.497 e. The molecule has 2 heterocycles. The Hall–Kier alpha value is -3.51. The number of nitrogens with zero attached hydrogens (tertiary/aromatic N) is 3. The number of rotatable bonds is 7. The minimum Gasteiger partial charge on any atom is -0.497 e. The summed E-state index contributed by atoms with van der Waals surface area (Å²) in [6.07, 6.45) is -2.26. The Kier molecular flexibility index (Phi) is 7.27. The van der Waals surface area contributed by atoms with Crippen LogP contribution in [0.2, 0.25) is 0 Å². The number of sulfonamides is 1. The Morgan fingerprint density at radius 3 is 2.44 bits per heavy atom. The summed E-state index contributed by atoms with van der Waals surface area (Å²) in [5.41, 5.74) is 0.521. The molecule has 0 unspecified atom stereocenters. The van der Waals surface area contributed by atoms with E-state index in [1.165, 1.54) is 42.0 Å². The number of hydrogen-bond donors (Lipinski definition) is 1. The number of hydrogen-bond acceptors (Lipinski definition) is 6. The van der Waals surface area contributed by atoms with Crippen molar-refractivity contribution in [3.05, 3.63) is 72.2 Å². The fraction of sp³-hybridized carbons (Fsp3) is 0.292. The number of ether oxygens (including phenoxy) is 1. The summed E-state index contributed by atoms with van der Waals surface area (Å²) >= 11 is 0. The van der Waals surface area contributed by atoms with E-state index in [0.717, 1.165) is 12.1 Å². The molecule has 4 rings (SSSR count). The molecule has 0 saturated carbocycles. The molecular weight excluding hydrogens is 497 g/mol. The number of amides is 1. The zero-order valence-electron chi connectivity index (χ0n) is 19.2. The molecule has 1 aliphatic rings. The predicted molar refractivity (Wildman–Crippen MR) is 124 cm³/mol. The van der Waals surface area contributed by atoms with Gasteiger partial charge in [-0.15, -0.1) is 0 Å². The van der Waals surface area contributed by atoms with E-state index < -0.39 is 33.7 Å². The summed E-state index contributed by atoms with van der Waals surface area (Å²) in [5, 5.41) is 2.72. The van der Waals surface area contributed by atoms with Gasteiger partial charge in [0.25, 0.3) is 0 Å². The molecule has 0 radical (unpaired) electrons. The average molecular weight is 521 g/mol. The van der Waals surface area contributed by atoms with Crippen LogP contribution in [0.25, 0.3) is 11.3 Å². The van der Waals surface area contributed by atoms with Crippen LogP contribution in [-0.4, -0.2) is 48.3 Å². The Bertz CT molecular complexity index is 1330. The Labute approximate surface area is 206 Å². The highest BCUT2D eigenvalue weighted by atomic mass is 32.2. The molecule has 190 valence electrons. The molecule has 0 bridgehead atoms. The molecule has 1 amide bonds. The maximum Gasteiger partial charge on any atom is 0.416 e. The van der Waals surface area contributed by atoms with E-state index in [4.69, 9.17) is 4.74 Å². The number of nitrogens with one attached hydrogen (secondary N) is 1. The molecule has 0 spiro atoms. The third-order valence-electron chi connectivity index (χ3n) is 5.85. The summed E-state index contributed by atoms with van der Waals surface area (Å²) in [4.78, 5) is 21.2. The zero-order valence-corrected chi connectivity index (χ0v) is 20.0. The van der Waals surface area contributed by atoms with E-state index in [0.29, 0.717) is 35.5 Å². The Morgan fingerprint density at radius 1 is 1.11 bits per heavy atom.